The Hall–Kier alpha value is -3.16. The lowest BCUT2D eigenvalue weighted by molar-refractivity contribution is -0.131. The fraction of sp³-hybridized carbons (Fsp3) is 0.345. The van der Waals surface area contributed by atoms with Crippen LogP contribution in [0.2, 0.25) is 0 Å². The van der Waals surface area contributed by atoms with Gasteiger partial charge in [0.25, 0.3) is 0 Å². The highest BCUT2D eigenvalue weighted by atomic mass is 32.2. The van der Waals surface area contributed by atoms with Gasteiger partial charge in [-0.3, -0.25) is 4.79 Å². The molecular weight excluding hydrogens is 472 g/mol. The molecule has 1 amide bonds. The molecular formula is C29H34N2O4S. The molecule has 6 nitrogen and oxygen atoms in total. The molecule has 0 aromatic heterocycles. The van der Waals surface area contributed by atoms with Crippen LogP contribution in [0.1, 0.15) is 35.6 Å². The van der Waals surface area contributed by atoms with Gasteiger partial charge in [0.2, 0.25) is 5.91 Å². The zero-order valence-corrected chi connectivity index (χ0v) is 21.8. The molecule has 4 rings (SSSR count). The second-order valence-electron chi connectivity index (χ2n) is 9.47. The van der Waals surface area contributed by atoms with E-state index in [2.05, 4.69) is 11.0 Å². The van der Waals surface area contributed by atoms with Gasteiger partial charge < -0.3 is 14.5 Å². The summed E-state index contributed by atoms with van der Waals surface area (Å²) in [5, 5.41) is 0. The summed E-state index contributed by atoms with van der Waals surface area (Å²) in [4.78, 5) is 17.8. The van der Waals surface area contributed by atoms with Gasteiger partial charge >= 0.3 is 0 Å². The maximum Gasteiger partial charge on any atom is 0.227 e. The molecule has 0 radical (unpaired) electrons. The van der Waals surface area contributed by atoms with Gasteiger partial charge in [-0.25, -0.2) is 8.42 Å². The molecule has 3 aromatic carbocycles. The summed E-state index contributed by atoms with van der Waals surface area (Å²) < 4.78 is 29.6. The van der Waals surface area contributed by atoms with E-state index in [4.69, 9.17) is 4.74 Å². The van der Waals surface area contributed by atoms with Gasteiger partial charge in [0.05, 0.1) is 17.4 Å². The lowest BCUT2D eigenvalue weighted by Gasteiger charge is -2.32. The first kappa shape index (κ1) is 25.9. The van der Waals surface area contributed by atoms with Crippen LogP contribution >= 0.6 is 0 Å². The Morgan fingerprint density at radius 3 is 2.31 bits per heavy atom. The van der Waals surface area contributed by atoms with Crippen molar-refractivity contribution in [2.24, 2.45) is 0 Å². The SMILES string of the molecule is CN(C(=O)Cc1ccc(S(C)(=O)=O)cc1)C(CN1CCCC1)c1cccc(OCc2ccccc2)c1. The van der Waals surface area contributed by atoms with Crippen LogP contribution in [0.15, 0.2) is 83.8 Å². The third-order valence-electron chi connectivity index (χ3n) is 6.69. The van der Waals surface area contributed by atoms with E-state index in [1.54, 1.807) is 24.3 Å². The predicted octanol–water partition coefficient (Wildman–Crippen LogP) is 4.51. The zero-order valence-electron chi connectivity index (χ0n) is 21.0. The van der Waals surface area contributed by atoms with Crippen molar-refractivity contribution in [1.82, 2.24) is 9.80 Å². The average Bonchev–Trinajstić information content (AvgIpc) is 3.40. The quantitative estimate of drug-likeness (QED) is 0.405. The first-order chi connectivity index (χ1) is 17.3. The average molecular weight is 507 g/mol. The summed E-state index contributed by atoms with van der Waals surface area (Å²) in [6.45, 7) is 3.32. The molecule has 3 aromatic rings. The number of likely N-dealkylation sites (tertiary alicyclic amines) is 1. The molecule has 1 aliphatic heterocycles. The highest BCUT2D eigenvalue weighted by Gasteiger charge is 2.26. The van der Waals surface area contributed by atoms with Crippen LogP contribution in [0.25, 0.3) is 0 Å². The van der Waals surface area contributed by atoms with E-state index in [-0.39, 0.29) is 23.3 Å². The lowest BCUT2D eigenvalue weighted by Crippen LogP contribution is -2.39. The number of sulfone groups is 1. The molecule has 1 unspecified atom stereocenters. The number of nitrogens with zero attached hydrogens (tertiary/aromatic N) is 2. The van der Waals surface area contributed by atoms with Crippen molar-refractivity contribution in [3.63, 3.8) is 0 Å². The Bertz CT molecular complexity index is 1250. The minimum absolute atomic E-state index is 0.0121. The van der Waals surface area contributed by atoms with Gasteiger partial charge in [0.15, 0.2) is 9.84 Å². The zero-order chi connectivity index (χ0) is 25.5. The van der Waals surface area contributed by atoms with E-state index in [0.717, 1.165) is 42.1 Å². The monoisotopic (exact) mass is 506 g/mol. The summed E-state index contributed by atoms with van der Waals surface area (Å²) in [6.07, 6.45) is 3.75. The van der Waals surface area contributed by atoms with E-state index in [9.17, 15) is 13.2 Å². The van der Waals surface area contributed by atoms with Crippen molar-refractivity contribution >= 4 is 15.7 Å². The maximum atomic E-state index is 13.3. The van der Waals surface area contributed by atoms with Gasteiger partial charge in [-0.2, -0.15) is 0 Å². The van der Waals surface area contributed by atoms with Crippen LogP contribution in [-0.2, 0) is 27.7 Å². The first-order valence-corrected chi connectivity index (χ1v) is 14.2. The molecule has 1 saturated heterocycles. The summed E-state index contributed by atoms with van der Waals surface area (Å²) in [6, 6.07) is 24.5. The first-order valence-electron chi connectivity index (χ1n) is 12.3. The van der Waals surface area contributed by atoms with Crippen LogP contribution in [-0.4, -0.2) is 57.1 Å². The Balaban J connectivity index is 1.50. The van der Waals surface area contributed by atoms with E-state index in [0.29, 0.717) is 6.61 Å². The standard InChI is InChI=1S/C29H34N2O4S/c1-30(29(32)19-23-13-15-27(16-14-23)36(2,33)34)28(21-31-17-6-7-18-31)25-11-8-12-26(20-25)35-22-24-9-4-3-5-10-24/h3-5,8-16,20,28H,6-7,17-19,21-22H2,1-2H3. The number of hydrogen-bond donors (Lipinski definition) is 0. The third-order valence-corrected chi connectivity index (χ3v) is 7.82. The molecule has 0 saturated carbocycles. The smallest absolute Gasteiger partial charge is 0.227 e. The highest BCUT2D eigenvalue weighted by Crippen LogP contribution is 2.27. The fourth-order valence-electron chi connectivity index (χ4n) is 4.54. The number of amides is 1. The van der Waals surface area contributed by atoms with Crippen LogP contribution in [0.4, 0.5) is 0 Å². The number of ether oxygens (including phenoxy) is 1. The normalized spacial score (nSPS) is 14.9. The van der Waals surface area contributed by atoms with Crippen molar-refractivity contribution in [1.29, 1.82) is 0 Å². The van der Waals surface area contributed by atoms with Crippen LogP contribution in [0.5, 0.6) is 5.75 Å². The molecule has 1 atom stereocenters. The number of benzene rings is 3. The number of likely N-dealkylation sites (N-methyl/N-ethyl adjacent to an activating group) is 1. The topological polar surface area (TPSA) is 66.9 Å². The van der Waals surface area contributed by atoms with E-state index in [1.807, 2.05) is 60.5 Å². The third kappa shape index (κ3) is 6.95. The molecule has 190 valence electrons. The molecule has 36 heavy (non-hydrogen) atoms. The van der Waals surface area contributed by atoms with E-state index >= 15 is 0 Å². The fourth-order valence-corrected chi connectivity index (χ4v) is 5.17. The Labute approximate surface area is 214 Å². The minimum Gasteiger partial charge on any atom is -0.489 e. The van der Waals surface area contributed by atoms with Gasteiger partial charge in [0, 0.05) is 19.8 Å². The largest absolute Gasteiger partial charge is 0.489 e. The second-order valence-corrected chi connectivity index (χ2v) is 11.5. The van der Waals surface area contributed by atoms with Gasteiger partial charge in [-0.15, -0.1) is 0 Å². The summed E-state index contributed by atoms with van der Waals surface area (Å²) >= 11 is 0. The molecule has 0 bridgehead atoms. The van der Waals surface area contributed by atoms with E-state index in [1.165, 1.54) is 19.1 Å². The molecule has 1 fully saturated rings. The summed E-state index contributed by atoms with van der Waals surface area (Å²) in [5.41, 5.74) is 2.93. The van der Waals surface area contributed by atoms with Crippen LogP contribution in [0.3, 0.4) is 0 Å². The second kappa shape index (κ2) is 11.7. The molecule has 1 aliphatic rings. The van der Waals surface area contributed by atoms with Crippen LogP contribution in [0, 0.1) is 0 Å². The lowest BCUT2D eigenvalue weighted by atomic mass is 10.0. The molecule has 7 heteroatoms. The maximum absolute atomic E-state index is 13.3. The van der Waals surface area contributed by atoms with Crippen molar-refractivity contribution in [2.45, 2.75) is 36.8 Å². The Morgan fingerprint density at radius 2 is 1.64 bits per heavy atom. The van der Waals surface area contributed by atoms with Crippen molar-refractivity contribution in [3.8, 4) is 5.75 Å². The number of hydrogen-bond acceptors (Lipinski definition) is 5. The molecule has 0 spiro atoms. The molecule has 0 aliphatic carbocycles. The van der Waals surface area contributed by atoms with Crippen molar-refractivity contribution < 1.29 is 17.9 Å². The Kier molecular flexibility index (Phi) is 8.44. The van der Waals surface area contributed by atoms with Gasteiger partial charge in [-0.05, 0) is 66.9 Å². The Morgan fingerprint density at radius 1 is 0.944 bits per heavy atom. The minimum atomic E-state index is -3.27. The van der Waals surface area contributed by atoms with Crippen LogP contribution < -0.4 is 4.74 Å². The van der Waals surface area contributed by atoms with Gasteiger partial charge in [0.1, 0.15) is 12.4 Å². The number of carbonyl (C=O) groups excluding carboxylic acids is 1. The predicted molar refractivity (Wildman–Crippen MR) is 142 cm³/mol. The van der Waals surface area contributed by atoms with Crippen molar-refractivity contribution in [3.05, 3.63) is 95.6 Å². The molecule has 1 heterocycles. The summed E-state index contributed by atoms with van der Waals surface area (Å²) in [5.74, 6) is 0.766. The van der Waals surface area contributed by atoms with Gasteiger partial charge in [-0.1, -0.05) is 54.6 Å². The van der Waals surface area contributed by atoms with E-state index < -0.39 is 9.84 Å². The number of rotatable bonds is 10. The summed E-state index contributed by atoms with van der Waals surface area (Å²) in [7, 11) is -1.41. The van der Waals surface area contributed by atoms with Crippen molar-refractivity contribution in [2.75, 3.05) is 32.9 Å². The number of carbonyl (C=O) groups is 1. The highest BCUT2D eigenvalue weighted by molar-refractivity contribution is 7.90. The molecule has 0 N–H and O–H groups in total.